The fourth-order valence-electron chi connectivity index (χ4n) is 4.14. The average molecular weight is 494 g/mol. The molecule has 2 aromatic carbocycles. The second-order valence-corrected chi connectivity index (χ2v) is 8.11. The number of phenolic OH excluding ortho intramolecular Hbond substituents is 2. The summed E-state index contributed by atoms with van der Waals surface area (Å²) in [5, 5.41) is 60.2. The highest BCUT2D eigenvalue weighted by molar-refractivity contribution is 6.04. The molecule has 2 heterocycles. The van der Waals surface area contributed by atoms with Gasteiger partial charge in [0.2, 0.25) is 12.0 Å². The molecule has 0 radical (unpaired) electrons. The number of rotatable bonds is 6. The first-order chi connectivity index (χ1) is 16.7. The lowest BCUT2D eigenvalue weighted by molar-refractivity contribution is -0.277. The van der Waals surface area contributed by atoms with Gasteiger partial charge in [-0.2, -0.15) is 0 Å². The Hall–Kier alpha value is -3.29. The molecule has 6 atom stereocenters. The number of Topliss-reactive ketones (excluding diaryl/α,β-unsaturated/α-hetero) is 1. The first-order valence-corrected chi connectivity index (χ1v) is 10.7. The highest BCUT2D eigenvalue weighted by Gasteiger charge is 2.45. The van der Waals surface area contributed by atoms with Crippen molar-refractivity contribution >= 4 is 5.78 Å². The number of fused-ring (bicyclic) bond motifs is 1. The zero-order valence-corrected chi connectivity index (χ0v) is 18.8. The third-order valence-corrected chi connectivity index (χ3v) is 5.95. The van der Waals surface area contributed by atoms with Crippen LogP contribution in [0.1, 0.15) is 28.4 Å². The van der Waals surface area contributed by atoms with Crippen LogP contribution in [0, 0.1) is 0 Å². The number of ether oxygens (including phenoxy) is 5. The van der Waals surface area contributed by atoms with Gasteiger partial charge in [-0.1, -0.05) is 0 Å². The van der Waals surface area contributed by atoms with Gasteiger partial charge in [0, 0.05) is 11.6 Å². The lowest BCUT2D eigenvalue weighted by Crippen LogP contribution is -2.60. The van der Waals surface area contributed by atoms with E-state index in [2.05, 4.69) is 0 Å². The van der Waals surface area contributed by atoms with Crippen LogP contribution < -0.4 is 18.9 Å². The van der Waals surface area contributed by atoms with E-state index in [4.69, 9.17) is 23.7 Å². The summed E-state index contributed by atoms with van der Waals surface area (Å²) < 4.78 is 27.7. The predicted molar refractivity (Wildman–Crippen MR) is 116 cm³/mol. The minimum absolute atomic E-state index is 0.0273. The molecule has 6 unspecified atom stereocenters. The molecule has 0 aliphatic carbocycles. The monoisotopic (exact) mass is 494 g/mol. The number of hydrogen-bond acceptors (Lipinski definition) is 12. The van der Waals surface area contributed by atoms with Crippen molar-refractivity contribution in [1.82, 2.24) is 0 Å². The summed E-state index contributed by atoms with van der Waals surface area (Å²) >= 11 is 0. The van der Waals surface area contributed by atoms with Crippen LogP contribution in [0.5, 0.6) is 34.5 Å². The Morgan fingerprint density at radius 1 is 1.00 bits per heavy atom. The second kappa shape index (κ2) is 9.76. The van der Waals surface area contributed by atoms with Crippen molar-refractivity contribution in [1.29, 1.82) is 0 Å². The molecule has 0 saturated carbocycles. The van der Waals surface area contributed by atoms with E-state index in [1.54, 1.807) is 0 Å². The molecule has 0 amide bonds. The number of aromatic hydroxyl groups is 2. The van der Waals surface area contributed by atoms with Gasteiger partial charge in [0.25, 0.3) is 0 Å². The van der Waals surface area contributed by atoms with Crippen molar-refractivity contribution in [3.05, 3.63) is 35.4 Å². The van der Waals surface area contributed by atoms with Gasteiger partial charge in [-0.3, -0.25) is 4.79 Å². The molecule has 1 fully saturated rings. The molecule has 0 aromatic heterocycles. The van der Waals surface area contributed by atoms with Gasteiger partial charge in [0.05, 0.1) is 27.2 Å². The zero-order valence-electron chi connectivity index (χ0n) is 18.8. The molecule has 0 spiro atoms. The largest absolute Gasteiger partial charge is 0.508 e. The van der Waals surface area contributed by atoms with Crippen LogP contribution in [0.4, 0.5) is 0 Å². The number of ketones is 1. The van der Waals surface area contributed by atoms with Gasteiger partial charge in [0.1, 0.15) is 53.3 Å². The van der Waals surface area contributed by atoms with Gasteiger partial charge in [-0.05, 0) is 18.2 Å². The van der Waals surface area contributed by atoms with E-state index in [9.17, 15) is 35.4 Å². The van der Waals surface area contributed by atoms with Crippen molar-refractivity contribution in [3.8, 4) is 34.5 Å². The van der Waals surface area contributed by atoms with Gasteiger partial charge in [0.15, 0.2) is 17.3 Å². The van der Waals surface area contributed by atoms with E-state index in [0.717, 1.165) is 0 Å². The minimum atomic E-state index is -1.68. The highest BCUT2D eigenvalue weighted by atomic mass is 16.7. The molecule has 2 aliphatic rings. The van der Waals surface area contributed by atoms with Crippen LogP contribution >= 0.6 is 0 Å². The van der Waals surface area contributed by atoms with E-state index >= 15 is 0 Å². The molecule has 190 valence electrons. The topological polar surface area (TPSA) is 185 Å². The quantitative estimate of drug-likeness (QED) is 0.316. The van der Waals surface area contributed by atoms with E-state index in [1.165, 1.54) is 38.5 Å². The van der Waals surface area contributed by atoms with Gasteiger partial charge >= 0.3 is 0 Å². The Bertz CT molecular complexity index is 1100. The normalized spacial score (nSPS) is 28.1. The van der Waals surface area contributed by atoms with E-state index in [-0.39, 0.29) is 52.0 Å². The molecular weight excluding hydrogens is 468 g/mol. The van der Waals surface area contributed by atoms with Crippen LogP contribution in [0.25, 0.3) is 0 Å². The first-order valence-electron chi connectivity index (χ1n) is 10.7. The number of aliphatic hydroxyl groups is 4. The molecule has 1 saturated heterocycles. The van der Waals surface area contributed by atoms with Crippen molar-refractivity contribution in [2.45, 2.75) is 43.2 Å². The molecule has 12 nitrogen and oxygen atoms in total. The Kier molecular flexibility index (Phi) is 6.92. The summed E-state index contributed by atoms with van der Waals surface area (Å²) in [6.45, 7) is -0.643. The van der Waals surface area contributed by atoms with Crippen LogP contribution in [0.3, 0.4) is 0 Å². The Balaban J connectivity index is 1.71. The third kappa shape index (κ3) is 4.42. The maximum Gasteiger partial charge on any atom is 0.229 e. The molecule has 4 rings (SSSR count). The second-order valence-electron chi connectivity index (χ2n) is 8.11. The van der Waals surface area contributed by atoms with Crippen molar-refractivity contribution in [2.24, 2.45) is 0 Å². The first kappa shape index (κ1) is 24.8. The van der Waals surface area contributed by atoms with Gasteiger partial charge in [-0.25, -0.2) is 0 Å². The number of benzene rings is 2. The van der Waals surface area contributed by atoms with Gasteiger partial charge in [-0.15, -0.1) is 0 Å². The zero-order chi connectivity index (χ0) is 25.4. The van der Waals surface area contributed by atoms with Crippen LogP contribution in [0.2, 0.25) is 0 Å². The highest BCUT2D eigenvalue weighted by Crippen LogP contribution is 2.51. The lowest BCUT2D eigenvalue weighted by atomic mass is 9.94. The summed E-state index contributed by atoms with van der Waals surface area (Å²) in [5.74, 6) is -0.830. The van der Waals surface area contributed by atoms with Gasteiger partial charge < -0.3 is 54.3 Å². The maximum absolute atomic E-state index is 13.0. The fraction of sp³-hybridized carbons (Fsp3) is 0.435. The van der Waals surface area contributed by atoms with E-state index in [0.29, 0.717) is 0 Å². The minimum Gasteiger partial charge on any atom is -0.508 e. The number of phenols is 2. The summed E-state index contributed by atoms with van der Waals surface area (Å²) in [5.41, 5.74) is 0.0979. The van der Waals surface area contributed by atoms with Crippen molar-refractivity contribution in [2.75, 3.05) is 20.8 Å². The molecule has 0 bridgehead atoms. The van der Waals surface area contributed by atoms with Crippen LogP contribution in [-0.2, 0) is 4.74 Å². The SMILES string of the molecule is COc1cc(O)c2c(c1OC)OC(c1cc(O)ccc1OC1OC(CO)C(O)C(O)C1O)CC2=O. The summed E-state index contributed by atoms with van der Waals surface area (Å²) in [7, 11) is 2.70. The Morgan fingerprint density at radius 2 is 1.74 bits per heavy atom. The van der Waals surface area contributed by atoms with Crippen LogP contribution in [-0.4, -0.2) is 88.0 Å². The maximum atomic E-state index is 13.0. The van der Waals surface area contributed by atoms with E-state index < -0.39 is 49.2 Å². The number of aliphatic hydroxyl groups excluding tert-OH is 4. The molecule has 12 heteroatoms. The number of carbonyl (C=O) groups is 1. The fourth-order valence-corrected chi connectivity index (χ4v) is 4.14. The lowest BCUT2D eigenvalue weighted by Gasteiger charge is -2.40. The predicted octanol–water partition coefficient (Wildman–Crippen LogP) is 0.000200. The number of methoxy groups -OCH3 is 2. The molecule has 2 aliphatic heterocycles. The van der Waals surface area contributed by atoms with E-state index in [1.807, 2.05) is 0 Å². The Labute approximate surface area is 199 Å². The van der Waals surface area contributed by atoms with Crippen LogP contribution in [0.15, 0.2) is 24.3 Å². The third-order valence-electron chi connectivity index (χ3n) is 5.95. The summed E-state index contributed by atoms with van der Waals surface area (Å²) in [6, 6.07) is 5.16. The van der Waals surface area contributed by atoms with Crippen molar-refractivity contribution < 1.29 is 59.1 Å². The number of carbonyl (C=O) groups excluding carboxylic acids is 1. The molecule has 6 N–H and O–H groups in total. The molecular formula is C23H26O12. The Morgan fingerprint density at radius 3 is 2.40 bits per heavy atom. The number of hydrogen-bond donors (Lipinski definition) is 6. The molecule has 35 heavy (non-hydrogen) atoms. The molecule has 2 aromatic rings. The smallest absolute Gasteiger partial charge is 0.229 e. The summed E-state index contributed by atoms with van der Waals surface area (Å²) in [6.07, 6.45) is -8.87. The standard InChI is InChI=1S/C23H26O12/c1-31-15-7-12(27)17-11(26)6-14(33-22(17)21(15)32-2)10-5-9(25)3-4-13(10)34-23-20(30)19(29)18(28)16(8-24)35-23/h3-5,7,14,16,18-20,23-25,27-30H,6,8H2,1-2H3. The average Bonchev–Trinajstić information content (AvgIpc) is 2.84. The van der Waals surface area contributed by atoms with Crippen molar-refractivity contribution in [3.63, 3.8) is 0 Å². The summed E-state index contributed by atoms with van der Waals surface area (Å²) in [4.78, 5) is 13.0.